The van der Waals surface area contributed by atoms with Crippen LogP contribution < -0.4 is 4.74 Å². The number of alkyl halides is 3. The molecular formula is C22H17F4NO2. The van der Waals surface area contributed by atoms with E-state index in [0.29, 0.717) is 16.9 Å². The number of rotatable bonds is 6. The molecule has 0 radical (unpaired) electrons. The number of halogens is 4. The first-order chi connectivity index (χ1) is 13.8. The lowest BCUT2D eigenvalue weighted by atomic mass is 9.87. The molecule has 0 fully saturated rings. The summed E-state index contributed by atoms with van der Waals surface area (Å²) in [5, 5.41) is 0. The predicted octanol–water partition coefficient (Wildman–Crippen LogP) is 5.65. The number of carbonyl (C=O) groups is 1. The van der Waals surface area contributed by atoms with E-state index in [0.717, 1.165) is 12.1 Å². The van der Waals surface area contributed by atoms with E-state index in [4.69, 9.17) is 4.74 Å². The van der Waals surface area contributed by atoms with Gasteiger partial charge in [-0.25, -0.2) is 4.39 Å². The van der Waals surface area contributed by atoms with Crippen LogP contribution in [0.2, 0.25) is 0 Å². The molecule has 3 nitrogen and oxygen atoms in total. The van der Waals surface area contributed by atoms with Gasteiger partial charge >= 0.3 is 6.18 Å². The van der Waals surface area contributed by atoms with Crippen molar-refractivity contribution < 1.29 is 27.1 Å². The van der Waals surface area contributed by atoms with Gasteiger partial charge < -0.3 is 4.74 Å². The van der Waals surface area contributed by atoms with Gasteiger partial charge in [0.05, 0.1) is 23.9 Å². The van der Waals surface area contributed by atoms with Crippen molar-refractivity contribution in [2.75, 3.05) is 7.11 Å². The largest absolute Gasteiger partial charge is 0.496 e. The molecule has 0 bridgehead atoms. The van der Waals surface area contributed by atoms with E-state index in [-0.39, 0.29) is 17.9 Å². The maximum absolute atomic E-state index is 14.4. The molecule has 1 heterocycles. The van der Waals surface area contributed by atoms with Crippen molar-refractivity contribution in [1.29, 1.82) is 0 Å². The average Bonchev–Trinajstić information content (AvgIpc) is 2.72. The summed E-state index contributed by atoms with van der Waals surface area (Å²) in [6.07, 6.45) is -3.29. The fraction of sp³-hybridized carbons (Fsp3) is 0.182. The van der Waals surface area contributed by atoms with E-state index in [2.05, 4.69) is 4.98 Å². The number of Topliss-reactive ketones (excluding diaryl/α,β-unsaturated/α-hetero) is 1. The first-order valence-electron chi connectivity index (χ1n) is 8.75. The number of pyridine rings is 1. The smallest absolute Gasteiger partial charge is 0.416 e. The topological polar surface area (TPSA) is 39.2 Å². The van der Waals surface area contributed by atoms with Crippen LogP contribution in [0, 0.1) is 5.82 Å². The monoisotopic (exact) mass is 403 g/mol. The van der Waals surface area contributed by atoms with E-state index >= 15 is 0 Å². The second-order valence-corrected chi connectivity index (χ2v) is 6.37. The summed E-state index contributed by atoms with van der Waals surface area (Å²) < 4.78 is 58.3. The molecule has 0 saturated carbocycles. The highest BCUT2D eigenvalue weighted by molar-refractivity contribution is 5.99. The molecule has 1 atom stereocenters. The number of aromatic nitrogens is 1. The number of hydrogen-bond acceptors (Lipinski definition) is 3. The quantitative estimate of drug-likeness (QED) is 0.394. The number of para-hydroxylation sites is 1. The van der Waals surface area contributed by atoms with Gasteiger partial charge in [0.25, 0.3) is 0 Å². The number of carbonyl (C=O) groups excluding carboxylic acids is 1. The Morgan fingerprint density at radius 1 is 1.03 bits per heavy atom. The fourth-order valence-electron chi connectivity index (χ4n) is 3.10. The number of ether oxygens (including phenoxy) is 1. The molecule has 3 rings (SSSR count). The third-order valence-corrected chi connectivity index (χ3v) is 4.55. The van der Waals surface area contributed by atoms with Crippen molar-refractivity contribution in [2.24, 2.45) is 0 Å². The minimum absolute atomic E-state index is 0.00416. The van der Waals surface area contributed by atoms with Crippen molar-refractivity contribution in [3.05, 3.63) is 95.1 Å². The molecule has 0 spiro atoms. The summed E-state index contributed by atoms with van der Waals surface area (Å²) in [4.78, 5) is 16.9. The summed E-state index contributed by atoms with van der Waals surface area (Å²) in [5.41, 5.74) is -0.157. The van der Waals surface area contributed by atoms with Gasteiger partial charge in [0, 0.05) is 18.5 Å². The van der Waals surface area contributed by atoms with Crippen LogP contribution in [0.4, 0.5) is 17.6 Å². The Bertz CT molecular complexity index is 1000. The molecule has 1 aromatic heterocycles. The number of benzene rings is 2. The van der Waals surface area contributed by atoms with Crippen LogP contribution in [0.3, 0.4) is 0 Å². The van der Waals surface area contributed by atoms with E-state index in [9.17, 15) is 22.4 Å². The molecule has 0 aliphatic carbocycles. The van der Waals surface area contributed by atoms with Crippen molar-refractivity contribution in [3.8, 4) is 5.75 Å². The van der Waals surface area contributed by atoms with Gasteiger partial charge in [-0.2, -0.15) is 13.2 Å². The van der Waals surface area contributed by atoms with Crippen LogP contribution in [-0.2, 0) is 6.18 Å². The lowest BCUT2D eigenvalue weighted by Crippen LogP contribution is -2.13. The average molecular weight is 403 g/mol. The minimum atomic E-state index is -4.49. The highest BCUT2D eigenvalue weighted by Gasteiger charge is 2.31. The van der Waals surface area contributed by atoms with Gasteiger partial charge in [0.1, 0.15) is 11.6 Å². The van der Waals surface area contributed by atoms with E-state index in [1.54, 1.807) is 24.3 Å². The SMILES string of the molecule is COc1ccccc1C(=O)C[C@@H](c1ccc(C(F)(F)F)cc1)c1ncccc1F. The molecule has 3 aromatic rings. The van der Waals surface area contributed by atoms with Crippen LogP contribution in [0.25, 0.3) is 0 Å². The van der Waals surface area contributed by atoms with E-state index in [1.807, 2.05) is 0 Å². The Kier molecular flexibility index (Phi) is 5.96. The van der Waals surface area contributed by atoms with Crippen molar-refractivity contribution in [2.45, 2.75) is 18.5 Å². The zero-order chi connectivity index (χ0) is 21.0. The van der Waals surface area contributed by atoms with E-state index in [1.165, 1.54) is 37.6 Å². The second-order valence-electron chi connectivity index (χ2n) is 6.37. The summed E-state index contributed by atoms with van der Waals surface area (Å²) in [5.74, 6) is -1.45. The van der Waals surface area contributed by atoms with Crippen LogP contribution in [-0.4, -0.2) is 17.9 Å². The van der Waals surface area contributed by atoms with Gasteiger partial charge in [0.15, 0.2) is 5.78 Å². The molecule has 2 aromatic carbocycles. The molecule has 0 aliphatic heterocycles. The molecule has 7 heteroatoms. The van der Waals surface area contributed by atoms with Gasteiger partial charge in [-0.15, -0.1) is 0 Å². The summed E-state index contributed by atoms with van der Waals surface area (Å²) in [6, 6.07) is 13.5. The van der Waals surface area contributed by atoms with Crippen molar-refractivity contribution >= 4 is 5.78 Å². The highest BCUT2D eigenvalue weighted by Crippen LogP contribution is 2.34. The Labute approximate surface area is 165 Å². The lowest BCUT2D eigenvalue weighted by Gasteiger charge is -2.18. The molecule has 0 N–H and O–H groups in total. The molecule has 0 aliphatic rings. The van der Waals surface area contributed by atoms with Gasteiger partial charge in [-0.1, -0.05) is 24.3 Å². The standard InChI is InChI=1S/C22H17F4NO2/c1-29-20-7-3-2-5-16(20)19(28)13-17(21-18(23)6-4-12-27-21)14-8-10-15(11-9-14)22(24,25)26/h2-12,17H,13H2,1H3/t17-/m0/s1. The maximum Gasteiger partial charge on any atom is 0.416 e. The highest BCUT2D eigenvalue weighted by atomic mass is 19.4. The van der Waals surface area contributed by atoms with Crippen LogP contribution in [0.1, 0.15) is 39.5 Å². The van der Waals surface area contributed by atoms with Crippen molar-refractivity contribution in [3.63, 3.8) is 0 Å². The first-order valence-corrected chi connectivity index (χ1v) is 8.75. The minimum Gasteiger partial charge on any atom is -0.496 e. The number of ketones is 1. The maximum atomic E-state index is 14.4. The van der Waals surface area contributed by atoms with Crippen molar-refractivity contribution in [1.82, 2.24) is 4.98 Å². The lowest BCUT2D eigenvalue weighted by molar-refractivity contribution is -0.137. The summed E-state index contributed by atoms with van der Waals surface area (Å²) >= 11 is 0. The third-order valence-electron chi connectivity index (χ3n) is 4.55. The van der Waals surface area contributed by atoms with Crippen LogP contribution in [0.5, 0.6) is 5.75 Å². The van der Waals surface area contributed by atoms with E-state index < -0.39 is 23.5 Å². The molecule has 0 amide bonds. The second kappa shape index (κ2) is 8.43. The Hall–Kier alpha value is -3.22. The van der Waals surface area contributed by atoms with Crippen LogP contribution in [0.15, 0.2) is 66.9 Å². The number of nitrogens with zero attached hydrogens (tertiary/aromatic N) is 1. The molecule has 0 unspecified atom stereocenters. The van der Waals surface area contributed by atoms with Gasteiger partial charge in [-0.3, -0.25) is 9.78 Å². The Morgan fingerprint density at radius 2 is 1.72 bits per heavy atom. The molecule has 150 valence electrons. The Morgan fingerprint density at radius 3 is 2.34 bits per heavy atom. The fourth-order valence-corrected chi connectivity index (χ4v) is 3.10. The number of methoxy groups -OCH3 is 1. The molecule has 29 heavy (non-hydrogen) atoms. The predicted molar refractivity (Wildman–Crippen MR) is 99.4 cm³/mol. The van der Waals surface area contributed by atoms with Crippen LogP contribution >= 0.6 is 0 Å². The first kappa shape index (κ1) is 20.5. The third kappa shape index (κ3) is 4.62. The zero-order valence-electron chi connectivity index (χ0n) is 15.4. The summed E-state index contributed by atoms with van der Waals surface area (Å²) in [7, 11) is 1.43. The number of hydrogen-bond donors (Lipinski definition) is 0. The van der Waals surface area contributed by atoms with Gasteiger partial charge in [0.2, 0.25) is 0 Å². The molecular weight excluding hydrogens is 386 g/mol. The van der Waals surface area contributed by atoms with Gasteiger partial charge in [-0.05, 0) is 42.0 Å². The zero-order valence-corrected chi connectivity index (χ0v) is 15.4. The normalized spacial score (nSPS) is 12.4. The Balaban J connectivity index is 2.00. The summed E-state index contributed by atoms with van der Waals surface area (Å²) in [6.45, 7) is 0. The molecule has 0 saturated heterocycles.